The largest absolute Gasteiger partial charge is 0.389 e. The fourth-order valence-corrected chi connectivity index (χ4v) is 3.30. The van der Waals surface area contributed by atoms with Gasteiger partial charge in [-0.3, -0.25) is 4.79 Å². The summed E-state index contributed by atoms with van der Waals surface area (Å²) < 4.78 is 0.773. The highest BCUT2D eigenvalue weighted by molar-refractivity contribution is 9.10. The Morgan fingerprint density at radius 3 is 2.65 bits per heavy atom. The topological polar surface area (TPSA) is 57.5 Å². The number of rotatable bonds is 4. The first kappa shape index (κ1) is 15.5. The molecule has 0 aliphatic heterocycles. The molecule has 2 aromatic rings. The summed E-state index contributed by atoms with van der Waals surface area (Å²) in [6.45, 7) is 1.44. The quantitative estimate of drug-likeness (QED) is 0.884. The SMILES string of the molecule is CC(=O)SCC(O)C(O)c1ccc2ccccc2c1Br. The Bertz CT molecular complexity index is 630. The van der Waals surface area contributed by atoms with Crippen molar-refractivity contribution in [3.8, 4) is 0 Å². The molecule has 0 amide bonds. The predicted molar refractivity (Wildman–Crippen MR) is 85.8 cm³/mol. The Labute approximate surface area is 130 Å². The maximum Gasteiger partial charge on any atom is 0.185 e. The second kappa shape index (κ2) is 6.72. The van der Waals surface area contributed by atoms with Crippen LogP contribution in [-0.4, -0.2) is 27.2 Å². The number of benzene rings is 2. The minimum atomic E-state index is -1.03. The molecule has 0 fully saturated rings. The van der Waals surface area contributed by atoms with Gasteiger partial charge in [-0.2, -0.15) is 0 Å². The molecule has 2 N–H and O–H groups in total. The number of thioether (sulfide) groups is 1. The van der Waals surface area contributed by atoms with Crippen LogP contribution in [0.4, 0.5) is 0 Å². The molecule has 5 heteroatoms. The summed E-state index contributed by atoms with van der Waals surface area (Å²) in [5.41, 5.74) is 0.625. The first-order valence-electron chi connectivity index (χ1n) is 6.17. The third-order valence-corrected chi connectivity index (χ3v) is 4.83. The average molecular weight is 355 g/mol. The standard InChI is InChI=1S/C15H15BrO3S/c1-9(17)20-8-13(18)15(19)12-7-6-10-4-2-3-5-11(10)14(12)16/h2-7,13,15,18-19H,8H2,1H3. The number of aliphatic hydroxyl groups excluding tert-OH is 2. The van der Waals surface area contributed by atoms with Gasteiger partial charge in [0.2, 0.25) is 0 Å². The summed E-state index contributed by atoms with van der Waals surface area (Å²) >= 11 is 4.49. The van der Waals surface area contributed by atoms with Crippen molar-refractivity contribution in [1.29, 1.82) is 0 Å². The molecular formula is C15H15BrO3S. The van der Waals surface area contributed by atoms with E-state index in [0.717, 1.165) is 27.0 Å². The number of carbonyl (C=O) groups is 1. The summed E-state index contributed by atoms with van der Waals surface area (Å²) in [7, 11) is 0. The zero-order valence-electron chi connectivity index (χ0n) is 10.9. The third kappa shape index (κ3) is 3.41. The Balaban J connectivity index is 2.28. The molecule has 0 aromatic heterocycles. The van der Waals surface area contributed by atoms with E-state index in [1.165, 1.54) is 6.92 Å². The molecule has 0 saturated heterocycles. The fraction of sp³-hybridized carbons (Fsp3) is 0.267. The molecule has 0 heterocycles. The van der Waals surface area contributed by atoms with Crippen LogP contribution in [-0.2, 0) is 4.79 Å². The third-order valence-electron chi connectivity index (χ3n) is 3.03. The van der Waals surface area contributed by atoms with Crippen LogP contribution in [0.1, 0.15) is 18.6 Å². The molecule has 0 aliphatic rings. The van der Waals surface area contributed by atoms with Gasteiger partial charge < -0.3 is 10.2 Å². The summed E-state index contributed by atoms with van der Waals surface area (Å²) in [6.07, 6.45) is -2.01. The van der Waals surface area contributed by atoms with Crippen LogP contribution in [0.2, 0.25) is 0 Å². The maximum absolute atomic E-state index is 10.9. The van der Waals surface area contributed by atoms with Gasteiger partial charge in [0.25, 0.3) is 0 Å². The highest BCUT2D eigenvalue weighted by Gasteiger charge is 2.22. The lowest BCUT2D eigenvalue weighted by Crippen LogP contribution is -2.21. The molecule has 0 bridgehead atoms. The lowest BCUT2D eigenvalue weighted by Gasteiger charge is -2.19. The lowest BCUT2D eigenvalue weighted by atomic mass is 10.0. The normalized spacial score (nSPS) is 14.2. The molecule has 2 aromatic carbocycles. The van der Waals surface area contributed by atoms with Crippen molar-refractivity contribution in [1.82, 2.24) is 0 Å². The van der Waals surface area contributed by atoms with E-state index in [-0.39, 0.29) is 10.9 Å². The summed E-state index contributed by atoms with van der Waals surface area (Å²) in [6, 6.07) is 11.5. The van der Waals surface area contributed by atoms with Crippen LogP contribution in [0.5, 0.6) is 0 Å². The molecule has 106 valence electrons. The number of hydrogen-bond acceptors (Lipinski definition) is 4. The van der Waals surface area contributed by atoms with E-state index in [1.54, 1.807) is 6.07 Å². The number of halogens is 1. The van der Waals surface area contributed by atoms with Gasteiger partial charge >= 0.3 is 0 Å². The molecule has 20 heavy (non-hydrogen) atoms. The summed E-state index contributed by atoms with van der Waals surface area (Å²) in [4.78, 5) is 10.9. The van der Waals surface area contributed by atoms with Gasteiger partial charge in [0, 0.05) is 17.1 Å². The second-order valence-corrected chi connectivity index (χ2v) is 6.49. The van der Waals surface area contributed by atoms with Gasteiger partial charge in [0.05, 0.1) is 6.10 Å². The Morgan fingerprint density at radius 2 is 1.95 bits per heavy atom. The van der Waals surface area contributed by atoms with Crippen LogP contribution in [0.25, 0.3) is 10.8 Å². The van der Waals surface area contributed by atoms with Crippen molar-refractivity contribution in [2.45, 2.75) is 19.1 Å². The molecule has 2 unspecified atom stereocenters. The summed E-state index contributed by atoms with van der Waals surface area (Å²) in [5, 5.41) is 22.2. The van der Waals surface area contributed by atoms with E-state index in [9.17, 15) is 15.0 Å². The van der Waals surface area contributed by atoms with E-state index in [1.807, 2.05) is 30.3 Å². The fourth-order valence-electron chi connectivity index (χ4n) is 1.98. The van der Waals surface area contributed by atoms with Crippen molar-refractivity contribution in [2.75, 3.05) is 5.75 Å². The van der Waals surface area contributed by atoms with Gasteiger partial charge in [-0.1, -0.05) is 48.2 Å². The molecule has 3 nitrogen and oxygen atoms in total. The zero-order chi connectivity index (χ0) is 14.7. The Hall–Kier alpha value is -0.880. The highest BCUT2D eigenvalue weighted by atomic mass is 79.9. The number of carbonyl (C=O) groups excluding carboxylic acids is 1. The van der Waals surface area contributed by atoms with Gasteiger partial charge in [-0.15, -0.1) is 0 Å². The molecule has 0 aliphatic carbocycles. The van der Waals surface area contributed by atoms with Gasteiger partial charge in [0.1, 0.15) is 6.10 Å². The van der Waals surface area contributed by atoms with Crippen LogP contribution in [0.3, 0.4) is 0 Å². The minimum absolute atomic E-state index is 0.0752. The molecule has 0 radical (unpaired) electrons. The molecule has 2 atom stereocenters. The number of fused-ring (bicyclic) bond motifs is 1. The van der Waals surface area contributed by atoms with E-state index in [2.05, 4.69) is 15.9 Å². The first-order valence-corrected chi connectivity index (χ1v) is 7.95. The van der Waals surface area contributed by atoms with Gasteiger partial charge in [-0.25, -0.2) is 0 Å². The molecule has 0 saturated carbocycles. The van der Waals surface area contributed by atoms with Crippen LogP contribution >= 0.6 is 27.7 Å². The van der Waals surface area contributed by atoms with Gasteiger partial charge in [0.15, 0.2) is 5.12 Å². The Kier molecular flexibility index (Phi) is 5.21. The van der Waals surface area contributed by atoms with Crippen molar-refractivity contribution in [3.63, 3.8) is 0 Å². The zero-order valence-corrected chi connectivity index (χ0v) is 13.3. The Morgan fingerprint density at radius 1 is 1.25 bits per heavy atom. The number of hydrogen-bond donors (Lipinski definition) is 2. The van der Waals surface area contributed by atoms with E-state index >= 15 is 0 Å². The second-order valence-electron chi connectivity index (χ2n) is 4.50. The highest BCUT2D eigenvalue weighted by Crippen LogP contribution is 2.33. The first-order chi connectivity index (χ1) is 9.50. The maximum atomic E-state index is 10.9. The average Bonchev–Trinajstić information content (AvgIpc) is 2.44. The van der Waals surface area contributed by atoms with Gasteiger partial charge in [-0.05, 0) is 32.3 Å². The van der Waals surface area contributed by atoms with E-state index < -0.39 is 12.2 Å². The van der Waals surface area contributed by atoms with Crippen molar-refractivity contribution >= 4 is 43.6 Å². The minimum Gasteiger partial charge on any atom is -0.389 e. The van der Waals surface area contributed by atoms with E-state index in [0.29, 0.717) is 5.56 Å². The molecular weight excluding hydrogens is 340 g/mol. The van der Waals surface area contributed by atoms with Crippen LogP contribution < -0.4 is 0 Å². The monoisotopic (exact) mass is 354 g/mol. The van der Waals surface area contributed by atoms with Crippen molar-refractivity contribution in [3.05, 3.63) is 46.4 Å². The van der Waals surface area contributed by atoms with Crippen LogP contribution in [0.15, 0.2) is 40.9 Å². The van der Waals surface area contributed by atoms with Crippen molar-refractivity contribution in [2.24, 2.45) is 0 Å². The molecule has 2 rings (SSSR count). The predicted octanol–water partition coefficient (Wildman–Crippen LogP) is 3.28. The van der Waals surface area contributed by atoms with Crippen molar-refractivity contribution < 1.29 is 15.0 Å². The smallest absolute Gasteiger partial charge is 0.185 e. The summed E-state index contributed by atoms with van der Waals surface area (Å²) in [5.74, 6) is 0.176. The van der Waals surface area contributed by atoms with Crippen LogP contribution in [0, 0.1) is 0 Å². The molecule has 0 spiro atoms. The lowest BCUT2D eigenvalue weighted by molar-refractivity contribution is -0.109. The number of aliphatic hydroxyl groups is 2. The van der Waals surface area contributed by atoms with E-state index in [4.69, 9.17) is 0 Å².